The van der Waals surface area contributed by atoms with Crippen LogP contribution in [0.4, 0.5) is 0 Å². The summed E-state index contributed by atoms with van der Waals surface area (Å²) in [5.41, 5.74) is 7.28. The predicted molar refractivity (Wildman–Crippen MR) is 63.9 cm³/mol. The molecular formula is C10H12Br2N2. The van der Waals surface area contributed by atoms with E-state index in [1.165, 1.54) is 12.8 Å². The third-order valence-electron chi connectivity index (χ3n) is 2.56. The molecular weight excluding hydrogens is 308 g/mol. The molecule has 0 saturated heterocycles. The minimum absolute atomic E-state index is 0.135. The quantitative estimate of drug-likeness (QED) is 0.867. The van der Waals surface area contributed by atoms with E-state index in [4.69, 9.17) is 5.73 Å². The molecule has 1 atom stereocenters. The molecule has 1 fully saturated rings. The van der Waals surface area contributed by atoms with Gasteiger partial charge in [-0.2, -0.15) is 0 Å². The first-order valence-electron chi connectivity index (χ1n) is 4.74. The van der Waals surface area contributed by atoms with Crippen LogP contribution >= 0.6 is 31.9 Å². The Balaban J connectivity index is 2.16. The molecule has 1 unspecified atom stereocenters. The van der Waals surface area contributed by atoms with E-state index in [1.54, 1.807) is 6.20 Å². The number of nitrogens with two attached hydrogens (primary N) is 1. The van der Waals surface area contributed by atoms with E-state index in [2.05, 4.69) is 36.8 Å². The summed E-state index contributed by atoms with van der Waals surface area (Å²) in [6.07, 6.45) is 5.57. The Kier molecular flexibility index (Phi) is 3.24. The number of hydrogen-bond donors (Lipinski definition) is 1. The van der Waals surface area contributed by atoms with Crippen molar-refractivity contribution in [2.24, 2.45) is 11.7 Å². The zero-order valence-electron chi connectivity index (χ0n) is 7.71. The maximum absolute atomic E-state index is 6.13. The van der Waals surface area contributed by atoms with Gasteiger partial charge >= 0.3 is 0 Å². The Labute approximate surface area is 101 Å². The SMILES string of the molecule is NC(CC1CC1)c1ccnc(Br)c1Br. The number of hydrogen-bond acceptors (Lipinski definition) is 2. The van der Waals surface area contributed by atoms with Crippen molar-refractivity contribution in [3.05, 3.63) is 26.9 Å². The van der Waals surface area contributed by atoms with Crippen LogP contribution in [0.25, 0.3) is 0 Å². The largest absolute Gasteiger partial charge is 0.324 e. The number of nitrogens with zero attached hydrogens (tertiary/aromatic N) is 1. The molecule has 0 bridgehead atoms. The second kappa shape index (κ2) is 4.29. The van der Waals surface area contributed by atoms with Crippen LogP contribution in [0.2, 0.25) is 0 Å². The molecule has 0 aliphatic heterocycles. The molecule has 2 N–H and O–H groups in total. The van der Waals surface area contributed by atoms with Crippen molar-refractivity contribution >= 4 is 31.9 Å². The fourth-order valence-corrected chi connectivity index (χ4v) is 2.43. The highest BCUT2D eigenvalue weighted by Crippen LogP contribution is 2.38. The standard InChI is InChI=1S/C10H12Br2N2/c11-9-7(3-4-14-10(9)12)8(13)5-6-1-2-6/h3-4,6,8H,1-2,5,13H2. The van der Waals surface area contributed by atoms with E-state index in [0.717, 1.165) is 27.0 Å². The molecule has 1 aliphatic carbocycles. The van der Waals surface area contributed by atoms with E-state index >= 15 is 0 Å². The zero-order chi connectivity index (χ0) is 10.1. The third kappa shape index (κ3) is 2.35. The predicted octanol–water partition coefficient (Wildman–Crippen LogP) is 3.41. The minimum atomic E-state index is 0.135. The Morgan fingerprint density at radius 1 is 1.50 bits per heavy atom. The Bertz CT molecular complexity index is 337. The summed E-state index contributed by atoms with van der Waals surface area (Å²) in [5, 5.41) is 0. The molecule has 4 heteroatoms. The maximum atomic E-state index is 6.13. The van der Waals surface area contributed by atoms with Crippen LogP contribution < -0.4 is 5.73 Å². The van der Waals surface area contributed by atoms with Crippen molar-refractivity contribution < 1.29 is 0 Å². The summed E-state index contributed by atoms with van der Waals surface area (Å²) < 4.78 is 1.83. The van der Waals surface area contributed by atoms with Gasteiger partial charge in [-0.1, -0.05) is 12.8 Å². The van der Waals surface area contributed by atoms with Crippen LogP contribution in [0.5, 0.6) is 0 Å². The molecule has 0 radical (unpaired) electrons. The monoisotopic (exact) mass is 318 g/mol. The molecule has 1 aliphatic rings. The molecule has 2 nitrogen and oxygen atoms in total. The number of rotatable bonds is 3. The highest BCUT2D eigenvalue weighted by atomic mass is 79.9. The van der Waals surface area contributed by atoms with Crippen LogP contribution in [0.15, 0.2) is 21.3 Å². The summed E-state index contributed by atoms with van der Waals surface area (Å²) in [6.45, 7) is 0. The Hall–Kier alpha value is 0.0700. The van der Waals surface area contributed by atoms with Crippen LogP contribution in [-0.4, -0.2) is 4.98 Å². The van der Waals surface area contributed by atoms with Gasteiger partial charge in [-0.15, -0.1) is 0 Å². The molecule has 0 aromatic carbocycles. The molecule has 1 heterocycles. The van der Waals surface area contributed by atoms with Crippen LogP contribution in [-0.2, 0) is 0 Å². The Morgan fingerprint density at radius 2 is 2.21 bits per heavy atom. The van der Waals surface area contributed by atoms with Crippen molar-refractivity contribution in [1.29, 1.82) is 0 Å². The summed E-state index contributed by atoms with van der Waals surface area (Å²) >= 11 is 6.88. The molecule has 14 heavy (non-hydrogen) atoms. The lowest BCUT2D eigenvalue weighted by Crippen LogP contribution is -2.12. The van der Waals surface area contributed by atoms with Crippen molar-refractivity contribution in [3.8, 4) is 0 Å². The normalized spacial score (nSPS) is 18.2. The smallest absolute Gasteiger partial charge is 0.120 e. The second-order valence-corrected chi connectivity index (χ2v) is 5.33. The van der Waals surface area contributed by atoms with E-state index in [0.29, 0.717) is 0 Å². The van der Waals surface area contributed by atoms with Crippen LogP contribution in [0.3, 0.4) is 0 Å². The van der Waals surface area contributed by atoms with Gasteiger partial charge in [0, 0.05) is 12.2 Å². The fourth-order valence-electron chi connectivity index (χ4n) is 1.56. The molecule has 0 spiro atoms. The average molecular weight is 320 g/mol. The topological polar surface area (TPSA) is 38.9 Å². The van der Waals surface area contributed by atoms with Gasteiger partial charge in [0.05, 0.1) is 4.47 Å². The van der Waals surface area contributed by atoms with Gasteiger partial charge in [0.2, 0.25) is 0 Å². The first-order valence-corrected chi connectivity index (χ1v) is 6.32. The third-order valence-corrected chi connectivity index (χ3v) is 4.53. The van der Waals surface area contributed by atoms with Crippen molar-refractivity contribution in [2.75, 3.05) is 0 Å². The van der Waals surface area contributed by atoms with E-state index in [1.807, 2.05) is 6.07 Å². The molecule has 2 rings (SSSR count). The molecule has 1 saturated carbocycles. The van der Waals surface area contributed by atoms with E-state index < -0.39 is 0 Å². The summed E-state index contributed by atoms with van der Waals surface area (Å²) in [6, 6.07) is 2.12. The van der Waals surface area contributed by atoms with Crippen molar-refractivity contribution in [3.63, 3.8) is 0 Å². The van der Waals surface area contributed by atoms with E-state index in [9.17, 15) is 0 Å². The fraction of sp³-hybridized carbons (Fsp3) is 0.500. The van der Waals surface area contributed by atoms with Crippen LogP contribution in [0.1, 0.15) is 30.9 Å². The van der Waals surface area contributed by atoms with Gasteiger partial charge in [-0.05, 0) is 55.8 Å². The lowest BCUT2D eigenvalue weighted by molar-refractivity contribution is 0.594. The van der Waals surface area contributed by atoms with Crippen LogP contribution in [0, 0.1) is 5.92 Å². The number of aromatic nitrogens is 1. The van der Waals surface area contributed by atoms with Crippen molar-refractivity contribution in [1.82, 2.24) is 4.98 Å². The van der Waals surface area contributed by atoms with E-state index in [-0.39, 0.29) is 6.04 Å². The average Bonchev–Trinajstić information content (AvgIpc) is 2.93. The molecule has 0 amide bonds. The number of halogens is 2. The first-order chi connectivity index (χ1) is 6.68. The lowest BCUT2D eigenvalue weighted by Gasteiger charge is -2.13. The van der Waals surface area contributed by atoms with Crippen molar-refractivity contribution in [2.45, 2.75) is 25.3 Å². The van der Waals surface area contributed by atoms with Gasteiger partial charge in [0.1, 0.15) is 4.60 Å². The van der Waals surface area contributed by atoms with Gasteiger partial charge in [0.15, 0.2) is 0 Å². The summed E-state index contributed by atoms with van der Waals surface area (Å²) in [5.74, 6) is 0.851. The highest BCUT2D eigenvalue weighted by molar-refractivity contribution is 9.13. The second-order valence-electron chi connectivity index (χ2n) is 3.79. The summed E-state index contributed by atoms with van der Waals surface area (Å²) in [4.78, 5) is 4.13. The maximum Gasteiger partial charge on any atom is 0.120 e. The minimum Gasteiger partial charge on any atom is -0.324 e. The summed E-state index contributed by atoms with van der Waals surface area (Å²) in [7, 11) is 0. The molecule has 76 valence electrons. The Morgan fingerprint density at radius 3 is 2.86 bits per heavy atom. The highest BCUT2D eigenvalue weighted by Gasteiger charge is 2.25. The van der Waals surface area contributed by atoms with Gasteiger partial charge in [-0.3, -0.25) is 0 Å². The molecule has 1 aromatic heterocycles. The lowest BCUT2D eigenvalue weighted by atomic mass is 10.0. The number of pyridine rings is 1. The zero-order valence-corrected chi connectivity index (χ0v) is 10.9. The molecule has 1 aromatic rings. The van der Waals surface area contributed by atoms with Gasteiger partial charge in [0.25, 0.3) is 0 Å². The van der Waals surface area contributed by atoms with Gasteiger partial charge in [-0.25, -0.2) is 4.98 Å². The van der Waals surface area contributed by atoms with Gasteiger partial charge < -0.3 is 5.73 Å². The first kappa shape index (κ1) is 10.6.